The number of hydrogen-bond donors (Lipinski definition) is 0. The second-order valence-electron chi connectivity index (χ2n) is 8.92. The lowest BCUT2D eigenvalue weighted by molar-refractivity contribution is 1.27. The molecule has 0 saturated carbocycles. The van der Waals surface area contributed by atoms with Crippen molar-refractivity contribution in [2.75, 3.05) is 0 Å². The summed E-state index contributed by atoms with van der Waals surface area (Å²) in [6, 6.07) is 40.9. The molecule has 1 heteroatoms. The molecule has 0 N–H and O–H groups in total. The maximum atomic E-state index is 2.57. The molecule has 0 nitrogen and oxygen atoms in total. The summed E-state index contributed by atoms with van der Waals surface area (Å²) < 4.78 is 0. The SMILES string of the molecule is C[Si]1(c2ccccc2)Cc2ccc3ccccc3c2-c2c(ccc3ccccc23)C1. The predicted octanol–water partition coefficient (Wildman–Crippen LogP) is 6.82. The van der Waals surface area contributed by atoms with Gasteiger partial charge in [0.15, 0.2) is 0 Å². The van der Waals surface area contributed by atoms with Crippen molar-refractivity contribution in [2.24, 2.45) is 0 Å². The summed E-state index contributed by atoms with van der Waals surface area (Å²) in [5.74, 6) is 0. The molecule has 1 aliphatic rings. The van der Waals surface area contributed by atoms with Gasteiger partial charge in [0.2, 0.25) is 0 Å². The molecule has 0 bridgehead atoms. The van der Waals surface area contributed by atoms with Crippen LogP contribution in [0.15, 0.2) is 103 Å². The fraction of sp³-hybridized carbons (Fsp3) is 0.103. The van der Waals surface area contributed by atoms with E-state index in [0.29, 0.717) is 0 Å². The summed E-state index contributed by atoms with van der Waals surface area (Å²) in [6.07, 6.45) is 0. The largest absolute Gasteiger partial charge is 0.0923 e. The van der Waals surface area contributed by atoms with E-state index < -0.39 is 8.07 Å². The third-order valence-corrected chi connectivity index (χ3v) is 11.0. The Morgan fingerprint density at radius 1 is 0.500 bits per heavy atom. The lowest BCUT2D eigenvalue weighted by atomic mass is 9.88. The van der Waals surface area contributed by atoms with Crippen LogP contribution in [-0.2, 0) is 12.1 Å². The molecule has 0 atom stereocenters. The van der Waals surface area contributed by atoms with Gasteiger partial charge in [0.25, 0.3) is 0 Å². The molecule has 30 heavy (non-hydrogen) atoms. The van der Waals surface area contributed by atoms with Crippen LogP contribution in [0.5, 0.6) is 0 Å². The number of fused-ring (bicyclic) bond motifs is 7. The molecule has 0 amide bonds. The van der Waals surface area contributed by atoms with Crippen molar-refractivity contribution in [3.05, 3.63) is 114 Å². The Labute approximate surface area is 178 Å². The number of benzene rings is 5. The lowest BCUT2D eigenvalue weighted by Gasteiger charge is -2.27. The Morgan fingerprint density at radius 2 is 0.967 bits per heavy atom. The van der Waals surface area contributed by atoms with E-state index >= 15 is 0 Å². The van der Waals surface area contributed by atoms with Crippen molar-refractivity contribution < 1.29 is 0 Å². The first-order valence-electron chi connectivity index (χ1n) is 10.8. The molecule has 0 unspecified atom stereocenters. The van der Waals surface area contributed by atoms with Gasteiger partial charge in [0.05, 0.1) is 8.07 Å². The molecule has 144 valence electrons. The van der Waals surface area contributed by atoms with Gasteiger partial charge in [-0.1, -0.05) is 115 Å². The van der Waals surface area contributed by atoms with Crippen LogP contribution >= 0.6 is 0 Å². The quantitative estimate of drug-likeness (QED) is 0.271. The van der Waals surface area contributed by atoms with Gasteiger partial charge in [-0.25, -0.2) is 0 Å². The van der Waals surface area contributed by atoms with E-state index in [9.17, 15) is 0 Å². The molecule has 6 rings (SSSR count). The van der Waals surface area contributed by atoms with Gasteiger partial charge >= 0.3 is 0 Å². The van der Waals surface area contributed by atoms with Crippen LogP contribution in [-0.4, -0.2) is 8.07 Å². The normalized spacial score (nSPS) is 14.8. The summed E-state index contributed by atoms with van der Waals surface area (Å²) in [6.45, 7) is 2.57. The minimum absolute atomic E-state index is 1.18. The first kappa shape index (κ1) is 17.7. The molecular formula is C29H24Si. The topological polar surface area (TPSA) is 0 Å². The first-order chi connectivity index (χ1) is 14.7. The lowest BCUT2D eigenvalue weighted by Crippen LogP contribution is -2.49. The minimum Gasteiger partial charge on any atom is -0.0647 e. The van der Waals surface area contributed by atoms with Crippen molar-refractivity contribution in [2.45, 2.75) is 18.6 Å². The first-order valence-corrected chi connectivity index (χ1v) is 13.7. The van der Waals surface area contributed by atoms with Gasteiger partial charge in [0, 0.05) is 0 Å². The van der Waals surface area contributed by atoms with Crippen molar-refractivity contribution in [1.29, 1.82) is 0 Å². The monoisotopic (exact) mass is 400 g/mol. The fourth-order valence-corrected chi connectivity index (χ4v) is 9.27. The summed E-state index contributed by atoms with van der Waals surface area (Å²) in [4.78, 5) is 0. The van der Waals surface area contributed by atoms with Gasteiger partial charge in [-0.15, -0.1) is 0 Å². The summed E-state index contributed by atoms with van der Waals surface area (Å²) in [5.41, 5.74) is 5.96. The minimum atomic E-state index is -1.74. The molecule has 0 aromatic heterocycles. The van der Waals surface area contributed by atoms with Crippen LogP contribution in [0.3, 0.4) is 0 Å². The third kappa shape index (κ3) is 2.66. The van der Waals surface area contributed by atoms with E-state index in [2.05, 4.69) is 110 Å². The van der Waals surface area contributed by atoms with Crippen molar-refractivity contribution in [3.8, 4) is 11.1 Å². The van der Waals surface area contributed by atoms with E-state index in [-0.39, 0.29) is 0 Å². The number of rotatable bonds is 1. The van der Waals surface area contributed by atoms with E-state index in [0.717, 1.165) is 0 Å². The van der Waals surface area contributed by atoms with Crippen LogP contribution in [0.25, 0.3) is 32.7 Å². The van der Waals surface area contributed by atoms with Gasteiger partial charge in [-0.05, 0) is 55.9 Å². The Bertz CT molecular complexity index is 1310. The molecule has 0 radical (unpaired) electrons. The second kappa shape index (κ2) is 6.68. The zero-order chi connectivity index (χ0) is 20.1. The third-order valence-electron chi connectivity index (χ3n) is 6.91. The standard InChI is InChI=1S/C29H24Si/c1-30(25-11-3-2-4-12-25)19-23-17-15-21-9-5-7-13-26(21)28(23)29-24(20-30)18-16-22-10-6-8-14-27(22)29/h2-18H,19-20H2,1H3. The molecule has 0 saturated heterocycles. The van der Waals surface area contributed by atoms with E-state index in [1.54, 1.807) is 5.19 Å². The maximum absolute atomic E-state index is 2.57. The highest BCUT2D eigenvalue weighted by Crippen LogP contribution is 2.43. The fourth-order valence-electron chi connectivity index (χ4n) is 5.47. The van der Waals surface area contributed by atoms with E-state index in [1.165, 1.54) is 55.9 Å². The Hall–Kier alpha value is -3.16. The van der Waals surface area contributed by atoms with Gasteiger partial charge in [0.1, 0.15) is 0 Å². The second-order valence-corrected chi connectivity index (χ2v) is 13.3. The maximum Gasteiger partial charge on any atom is 0.0923 e. The van der Waals surface area contributed by atoms with Crippen molar-refractivity contribution in [1.82, 2.24) is 0 Å². The van der Waals surface area contributed by atoms with Crippen molar-refractivity contribution in [3.63, 3.8) is 0 Å². The molecule has 1 aliphatic heterocycles. The predicted molar refractivity (Wildman–Crippen MR) is 132 cm³/mol. The molecule has 0 fully saturated rings. The van der Waals surface area contributed by atoms with Crippen LogP contribution in [0, 0.1) is 0 Å². The smallest absolute Gasteiger partial charge is 0.0647 e. The van der Waals surface area contributed by atoms with Crippen LogP contribution in [0.4, 0.5) is 0 Å². The van der Waals surface area contributed by atoms with Crippen LogP contribution in [0.1, 0.15) is 11.1 Å². The van der Waals surface area contributed by atoms with Gasteiger partial charge < -0.3 is 0 Å². The highest BCUT2D eigenvalue weighted by Gasteiger charge is 2.35. The zero-order valence-electron chi connectivity index (χ0n) is 17.2. The van der Waals surface area contributed by atoms with E-state index in [4.69, 9.17) is 0 Å². The van der Waals surface area contributed by atoms with Crippen LogP contribution < -0.4 is 5.19 Å². The van der Waals surface area contributed by atoms with E-state index in [1.807, 2.05) is 0 Å². The molecule has 5 aromatic rings. The highest BCUT2D eigenvalue weighted by molar-refractivity contribution is 6.90. The molecular weight excluding hydrogens is 376 g/mol. The van der Waals surface area contributed by atoms with Gasteiger partial charge in [-0.2, -0.15) is 0 Å². The summed E-state index contributed by atoms with van der Waals surface area (Å²) in [5, 5.41) is 7.00. The average Bonchev–Trinajstić information content (AvgIpc) is 2.94. The van der Waals surface area contributed by atoms with Crippen molar-refractivity contribution >= 4 is 34.8 Å². The molecule has 5 aromatic carbocycles. The number of hydrogen-bond acceptors (Lipinski definition) is 0. The Balaban J connectivity index is 1.75. The molecule has 1 heterocycles. The Morgan fingerprint density at radius 3 is 1.50 bits per heavy atom. The van der Waals surface area contributed by atoms with Gasteiger partial charge in [-0.3, -0.25) is 0 Å². The molecule has 0 aliphatic carbocycles. The average molecular weight is 401 g/mol. The highest BCUT2D eigenvalue weighted by atomic mass is 28.3. The summed E-state index contributed by atoms with van der Waals surface area (Å²) >= 11 is 0. The van der Waals surface area contributed by atoms with Crippen LogP contribution in [0.2, 0.25) is 6.55 Å². The summed E-state index contributed by atoms with van der Waals surface area (Å²) in [7, 11) is -1.74. The zero-order valence-corrected chi connectivity index (χ0v) is 18.2. The molecule has 0 spiro atoms. The Kier molecular flexibility index (Phi) is 3.94.